The Balaban J connectivity index is 2.16. The van der Waals surface area contributed by atoms with E-state index in [0.29, 0.717) is 12.5 Å². The van der Waals surface area contributed by atoms with Gasteiger partial charge in [0, 0.05) is 28.0 Å². The Bertz CT molecular complexity index is 569. The zero-order chi connectivity index (χ0) is 14.5. The summed E-state index contributed by atoms with van der Waals surface area (Å²) in [6, 6.07) is 8.04. The zero-order valence-electron chi connectivity index (χ0n) is 11.9. The molecule has 1 atom stereocenters. The van der Waals surface area contributed by atoms with Gasteiger partial charge in [-0.2, -0.15) is 0 Å². The van der Waals surface area contributed by atoms with Gasteiger partial charge in [0.25, 0.3) is 0 Å². The molecule has 1 aromatic carbocycles. The van der Waals surface area contributed by atoms with Crippen molar-refractivity contribution in [2.24, 2.45) is 5.92 Å². The van der Waals surface area contributed by atoms with E-state index in [1.807, 2.05) is 24.3 Å². The number of hydrogen-bond acceptors (Lipinski definition) is 3. The quantitative estimate of drug-likeness (QED) is 0.830. The number of pyridine rings is 1. The van der Waals surface area contributed by atoms with E-state index in [9.17, 15) is 5.11 Å². The summed E-state index contributed by atoms with van der Waals surface area (Å²) in [5, 5.41) is 15.7. The number of aromatic nitrogens is 1. The summed E-state index contributed by atoms with van der Waals surface area (Å²) in [5.74, 6) is 1.16. The molecule has 0 spiro atoms. The molecule has 4 heteroatoms. The van der Waals surface area contributed by atoms with Crippen LogP contribution in [0.4, 0.5) is 5.82 Å². The van der Waals surface area contributed by atoms with Crippen molar-refractivity contribution in [3.63, 3.8) is 0 Å². The minimum Gasteiger partial charge on any atom is -0.391 e. The van der Waals surface area contributed by atoms with Gasteiger partial charge in [-0.15, -0.1) is 0 Å². The number of fused-ring (bicyclic) bond motifs is 1. The van der Waals surface area contributed by atoms with Crippen LogP contribution in [0, 0.1) is 5.92 Å². The zero-order valence-corrected chi connectivity index (χ0v) is 13.5. The molecule has 0 bridgehead atoms. The molecule has 0 saturated heterocycles. The van der Waals surface area contributed by atoms with Crippen molar-refractivity contribution < 1.29 is 5.11 Å². The molecule has 1 aromatic heterocycles. The average molecular weight is 337 g/mol. The number of nitrogens with one attached hydrogen (secondary N) is 1. The SMILES string of the molecule is CCC(CC)C(O)CNc1nccc2c(Br)cccc12. The van der Waals surface area contributed by atoms with E-state index in [1.165, 1.54) is 0 Å². The monoisotopic (exact) mass is 336 g/mol. The lowest BCUT2D eigenvalue weighted by molar-refractivity contribution is 0.114. The van der Waals surface area contributed by atoms with E-state index in [2.05, 4.69) is 40.1 Å². The molecule has 0 aliphatic heterocycles. The van der Waals surface area contributed by atoms with Gasteiger partial charge < -0.3 is 10.4 Å². The predicted octanol–water partition coefficient (Wildman–Crippen LogP) is 4.21. The third-order valence-corrected chi connectivity index (χ3v) is 4.52. The molecular formula is C16H21BrN2O. The number of aliphatic hydroxyl groups excluding tert-OH is 1. The van der Waals surface area contributed by atoms with Gasteiger partial charge in [0.2, 0.25) is 0 Å². The minimum atomic E-state index is -0.339. The Kier molecular flexibility index (Phi) is 5.38. The van der Waals surface area contributed by atoms with Gasteiger partial charge in [0.15, 0.2) is 0 Å². The molecule has 0 fully saturated rings. The Morgan fingerprint density at radius 1 is 1.20 bits per heavy atom. The minimum absolute atomic E-state index is 0.337. The summed E-state index contributed by atoms with van der Waals surface area (Å²) in [7, 11) is 0. The normalized spacial score (nSPS) is 12.8. The van der Waals surface area contributed by atoms with Crippen LogP contribution in [0.3, 0.4) is 0 Å². The van der Waals surface area contributed by atoms with E-state index in [-0.39, 0.29) is 6.10 Å². The summed E-state index contributed by atoms with van der Waals surface area (Å²) >= 11 is 3.55. The van der Waals surface area contributed by atoms with Crippen molar-refractivity contribution in [1.29, 1.82) is 0 Å². The fraction of sp³-hybridized carbons (Fsp3) is 0.438. The second-order valence-electron chi connectivity index (χ2n) is 5.02. The summed E-state index contributed by atoms with van der Waals surface area (Å²) in [6.45, 7) is 4.76. The second-order valence-corrected chi connectivity index (χ2v) is 5.87. The van der Waals surface area contributed by atoms with Crippen molar-refractivity contribution in [3.05, 3.63) is 34.9 Å². The maximum absolute atomic E-state index is 10.2. The average Bonchev–Trinajstić information content (AvgIpc) is 2.47. The fourth-order valence-electron chi connectivity index (χ4n) is 2.51. The molecule has 0 radical (unpaired) electrons. The van der Waals surface area contributed by atoms with Gasteiger partial charge in [0.05, 0.1) is 6.10 Å². The third kappa shape index (κ3) is 3.30. The van der Waals surface area contributed by atoms with Crippen molar-refractivity contribution in [3.8, 4) is 0 Å². The summed E-state index contributed by atoms with van der Waals surface area (Å²) in [5.41, 5.74) is 0. The number of halogens is 1. The van der Waals surface area contributed by atoms with E-state index >= 15 is 0 Å². The van der Waals surface area contributed by atoms with Crippen molar-refractivity contribution in [2.75, 3.05) is 11.9 Å². The maximum Gasteiger partial charge on any atom is 0.133 e. The number of hydrogen-bond donors (Lipinski definition) is 2. The van der Waals surface area contributed by atoms with Crippen LogP contribution in [0.5, 0.6) is 0 Å². The number of anilines is 1. The molecule has 0 saturated carbocycles. The first-order chi connectivity index (χ1) is 9.67. The van der Waals surface area contributed by atoms with Crippen LogP contribution < -0.4 is 5.32 Å². The molecule has 2 aromatic rings. The van der Waals surface area contributed by atoms with E-state index in [0.717, 1.165) is 33.9 Å². The van der Waals surface area contributed by atoms with Crippen LogP contribution in [0.2, 0.25) is 0 Å². The first-order valence-electron chi connectivity index (χ1n) is 7.12. The number of rotatable bonds is 6. The van der Waals surface area contributed by atoms with Gasteiger partial charge in [-0.1, -0.05) is 54.8 Å². The molecule has 0 aliphatic rings. The third-order valence-electron chi connectivity index (χ3n) is 3.82. The summed E-state index contributed by atoms with van der Waals surface area (Å²) in [6.07, 6.45) is 3.44. The van der Waals surface area contributed by atoms with Crippen LogP contribution in [0.25, 0.3) is 10.8 Å². The van der Waals surface area contributed by atoms with Gasteiger partial charge in [-0.05, 0) is 18.1 Å². The topological polar surface area (TPSA) is 45.1 Å². The van der Waals surface area contributed by atoms with Crippen LogP contribution in [-0.4, -0.2) is 22.7 Å². The molecule has 0 amide bonds. The smallest absolute Gasteiger partial charge is 0.133 e. The first-order valence-corrected chi connectivity index (χ1v) is 7.91. The van der Waals surface area contributed by atoms with Crippen molar-refractivity contribution >= 4 is 32.5 Å². The standard InChI is InChI=1S/C16H21BrN2O/c1-3-11(4-2)15(20)10-19-16-13-6-5-7-14(17)12(13)8-9-18-16/h5-9,11,15,20H,3-4,10H2,1-2H3,(H,18,19). The Hall–Kier alpha value is -1.13. The van der Waals surface area contributed by atoms with E-state index in [4.69, 9.17) is 0 Å². The van der Waals surface area contributed by atoms with E-state index < -0.39 is 0 Å². The first kappa shape index (κ1) is 15.3. The summed E-state index contributed by atoms with van der Waals surface area (Å²) < 4.78 is 1.06. The summed E-state index contributed by atoms with van der Waals surface area (Å²) in [4.78, 5) is 4.39. The van der Waals surface area contributed by atoms with Gasteiger partial charge >= 0.3 is 0 Å². The van der Waals surface area contributed by atoms with Crippen LogP contribution >= 0.6 is 15.9 Å². The molecule has 2 N–H and O–H groups in total. The van der Waals surface area contributed by atoms with E-state index in [1.54, 1.807) is 6.20 Å². The Morgan fingerprint density at radius 3 is 2.65 bits per heavy atom. The van der Waals surface area contributed by atoms with Gasteiger partial charge in [-0.25, -0.2) is 4.98 Å². The highest BCUT2D eigenvalue weighted by Crippen LogP contribution is 2.27. The molecule has 1 unspecified atom stereocenters. The van der Waals surface area contributed by atoms with Crippen LogP contribution in [-0.2, 0) is 0 Å². The molecule has 0 aliphatic carbocycles. The fourth-order valence-corrected chi connectivity index (χ4v) is 3.01. The molecule has 1 heterocycles. The molecule has 108 valence electrons. The lowest BCUT2D eigenvalue weighted by Gasteiger charge is -2.21. The van der Waals surface area contributed by atoms with Gasteiger partial charge in [-0.3, -0.25) is 0 Å². The number of nitrogens with zero attached hydrogens (tertiary/aromatic N) is 1. The molecular weight excluding hydrogens is 316 g/mol. The van der Waals surface area contributed by atoms with Crippen molar-refractivity contribution in [1.82, 2.24) is 4.98 Å². The Morgan fingerprint density at radius 2 is 1.95 bits per heavy atom. The molecule has 3 nitrogen and oxygen atoms in total. The lowest BCUT2D eigenvalue weighted by Crippen LogP contribution is -2.28. The second kappa shape index (κ2) is 7.04. The van der Waals surface area contributed by atoms with Gasteiger partial charge in [0.1, 0.15) is 5.82 Å². The highest BCUT2D eigenvalue weighted by molar-refractivity contribution is 9.10. The predicted molar refractivity (Wildman–Crippen MR) is 88.0 cm³/mol. The van der Waals surface area contributed by atoms with Crippen molar-refractivity contribution in [2.45, 2.75) is 32.8 Å². The largest absolute Gasteiger partial charge is 0.391 e. The maximum atomic E-state index is 10.2. The molecule has 2 rings (SSSR count). The Labute approximate surface area is 128 Å². The highest BCUT2D eigenvalue weighted by Gasteiger charge is 2.15. The highest BCUT2D eigenvalue weighted by atomic mass is 79.9. The van der Waals surface area contributed by atoms with Crippen LogP contribution in [0.1, 0.15) is 26.7 Å². The number of aliphatic hydroxyl groups is 1. The molecule has 20 heavy (non-hydrogen) atoms. The van der Waals surface area contributed by atoms with Crippen LogP contribution in [0.15, 0.2) is 34.9 Å². The lowest BCUT2D eigenvalue weighted by atomic mass is 9.96. The number of benzene rings is 1.